The normalized spacial score (nSPS) is 18.8. The predicted molar refractivity (Wildman–Crippen MR) is 142 cm³/mol. The topological polar surface area (TPSA) is 67.9 Å². The highest BCUT2D eigenvalue weighted by Gasteiger charge is 2.46. The SMILES string of the molecule is COc1ccc(C(=O)NC2CC3(CCN(C(=O)CCc4cc(F)ccc4Br)CC3)C2)cc1OCC1CC1. The molecule has 0 bridgehead atoms. The minimum Gasteiger partial charge on any atom is -0.493 e. The van der Waals surface area contributed by atoms with Crippen molar-refractivity contribution in [3.8, 4) is 11.5 Å². The Bertz CT molecular complexity index is 1150. The van der Waals surface area contributed by atoms with E-state index < -0.39 is 0 Å². The molecule has 8 heteroatoms. The van der Waals surface area contributed by atoms with Crippen LogP contribution >= 0.6 is 15.9 Å². The number of halogens is 2. The number of hydrogen-bond acceptors (Lipinski definition) is 4. The number of aryl methyl sites for hydroxylation is 1. The van der Waals surface area contributed by atoms with Crippen molar-refractivity contribution in [2.75, 3.05) is 26.8 Å². The summed E-state index contributed by atoms with van der Waals surface area (Å²) < 4.78 is 25.6. The van der Waals surface area contributed by atoms with Crippen molar-refractivity contribution >= 4 is 27.7 Å². The fraction of sp³-hybridized carbons (Fsp3) is 0.517. The summed E-state index contributed by atoms with van der Waals surface area (Å²) in [4.78, 5) is 27.6. The highest BCUT2D eigenvalue weighted by atomic mass is 79.9. The fourth-order valence-electron chi connectivity index (χ4n) is 5.55. The van der Waals surface area contributed by atoms with Gasteiger partial charge < -0.3 is 19.7 Å². The summed E-state index contributed by atoms with van der Waals surface area (Å²) >= 11 is 3.44. The molecule has 0 atom stereocenters. The highest BCUT2D eigenvalue weighted by Crippen LogP contribution is 2.49. The average molecular weight is 574 g/mol. The first kappa shape index (κ1) is 26.0. The number of methoxy groups -OCH3 is 1. The van der Waals surface area contributed by atoms with Gasteiger partial charge in [-0.25, -0.2) is 4.39 Å². The van der Waals surface area contributed by atoms with Crippen LogP contribution in [0, 0.1) is 17.2 Å². The lowest BCUT2D eigenvalue weighted by Crippen LogP contribution is -2.55. The zero-order valence-corrected chi connectivity index (χ0v) is 22.8. The largest absolute Gasteiger partial charge is 0.493 e. The molecule has 1 aliphatic heterocycles. The van der Waals surface area contributed by atoms with Gasteiger partial charge in [0.2, 0.25) is 5.91 Å². The Hall–Kier alpha value is -2.61. The molecule has 1 N–H and O–H groups in total. The number of likely N-dealkylation sites (tertiary alicyclic amines) is 1. The molecule has 1 spiro atoms. The summed E-state index contributed by atoms with van der Waals surface area (Å²) in [6.45, 7) is 2.14. The average Bonchev–Trinajstić information content (AvgIpc) is 3.71. The molecule has 0 unspecified atom stereocenters. The van der Waals surface area contributed by atoms with Crippen molar-refractivity contribution in [2.24, 2.45) is 11.3 Å². The summed E-state index contributed by atoms with van der Waals surface area (Å²) in [5.41, 5.74) is 1.61. The molecule has 2 aromatic rings. The maximum atomic E-state index is 13.5. The summed E-state index contributed by atoms with van der Waals surface area (Å²) in [7, 11) is 1.61. The number of rotatable bonds is 9. The summed E-state index contributed by atoms with van der Waals surface area (Å²) in [6.07, 6.45) is 7.09. The third-order valence-corrected chi connectivity index (χ3v) is 8.86. The molecule has 2 aliphatic carbocycles. The number of amides is 2. The Morgan fingerprint density at radius 3 is 2.57 bits per heavy atom. The third kappa shape index (κ3) is 6.28. The Kier molecular flexibility index (Phi) is 7.75. The molecule has 5 rings (SSSR count). The van der Waals surface area contributed by atoms with Gasteiger partial charge in [0.1, 0.15) is 5.82 Å². The first-order valence-corrected chi connectivity index (χ1v) is 14.0. The van der Waals surface area contributed by atoms with E-state index in [1.165, 1.54) is 25.0 Å². The summed E-state index contributed by atoms with van der Waals surface area (Å²) in [5, 5.41) is 3.18. The van der Waals surface area contributed by atoms with E-state index in [-0.39, 0.29) is 29.1 Å². The van der Waals surface area contributed by atoms with E-state index in [0.717, 1.165) is 48.8 Å². The van der Waals surface area contributed by atoms with E-state index in [1.54, 1.807) is 31.4 Å². The number of carbonyl (C=O) groups excluding carboxylic acids is 2. The van der Waals surface area contributed by atoms with Crippen LogP contribution in [0.3, 0.4) is 0 Å². The van der Waals surface area contributed by atoms with Gasteiger partial charge in [-0.2, -0.15) is 0 Å². The molecular formula is C29H34BrFN2O4. The summed E-state index contributed by atoms with van der Waals surface area (Å²) in [6, 6.07) is 10.1. The van der Waals surface area contributed by atoms with Gasteiger partial charge in [-0.1, -0.05) is 15.9 Å². The second kappa shape index (κ2) is 11.0. The van der Waals surface area contributed by atoms with Gasteiger partial charge in [0.15, 0.2) is 11.5 Å². The van der Waals surface area contributed by atoms with E-state index >= 15 is 0 Å². The molecule has 3 aliphatic rings. The van der Waals surface area contributed by atoms with Crippen molar-refractivity contribution in [1.29, 1.82) is 0 Å². The number of carbonyl (C=O) groups is 2. The van der Waals surface area contributed by atoms with Crippen LogP contribution in [0.1, 0.15) is 60.9 Å². The van der Waals surface area contributed by atoms with Gasteiger partial charge in [0, 0.05) is 35.6 Å². The van der Waals surface area contributed by atoms with Crippen LogP contribution in [0.25, 0.3) is 0 Å². The minimum absolute atomic E-state index is 0.0881. The minimum atomic E-state index is -0.286. The van der Waals surface area contributed by atoms with Crippen LogP contribution in [-0.2, 0) is 11.2 Å². The second-order valence-electron chi connectivity index (χ2n) is 10.8. The van der Waals surface area contributed by atoms with Crippen LogP contribution in [0.2, 0.25) is 0 Å². The lowest BCUT2D eigenvalue weighted by atomic mass is 9.60. The molecule has 37 heavy (non-hydrogen) atoms. The molecule has 1 heterocycles. The van der Waals surface area contributed by atoms with E-state index in [9.17, 15) is 14.0 Å². The molecule has 6 nitrogen and oxygen atoms in total. The van der Waals surface area contributed by atoms with Gasteiger partial charge in [-0.3, -0.25) is 9.59 Å². The van der Waals surface area contributed by atoms with Crippen molar-refractivity contribution in [3.63, 3.8) is 0 Å². The zero-order chi connectivity index (χ0) is 26.0. The third-order valence-electron chi connectivity index (χ3n) is 8.08. The van der Waals surface area contributed by atoms with Crippen LogP contribution in [0.4, 0.5) is 4.39 Å². The maximum absolute atomic E-state index is 13.5. The molecule has 2 aromatic carbocycles. The molecule has 0 aromatic heterocycles. The molecule has 3 fully saturated rings. The predicted octanol–water partition coefficient (Wildman–Crippen LogP) is 5.52. The number of ether oxygens (including phenoxy) is 2. The monoisotopic (exact) mass is 572 g/mol. The van der Waals surface area contributed by atoms with Crippen molar-refractivity contribution < 1.29 is 23.5 Å². The van der Waals surface area contributed by atoms with E-state index in [4.69, 9.17) is 9.47 Å². The van der Waals surface area contributed by atoms with Crippen molar-refractivity contribution in [2.45, 2.75) is 57.4 Å². The van der Waals surface area contributed by atoms with Crippen LogP contribution in [0.15, 0.2) is 40.9 Å². The Morgan fingerprint density at radius 2 is 1.86 bits per heavy atom. The lowest BCUT2D eigenvalue weighted by Gasteiger charge is -2.52. The van der Waals surface area contributed by atoms with Crippen LogP contribution in [-0.4, -0.2) is 49.6 Å². The summed E-state index contributed by atoms with van der Waals surface area (Å²) in [5.74, 6) is 1.63. The van der Waals surface area contributed by atoms with Crippen LogP contribution in [0.5, 0.6) is 11.5 Å². The Balaban J connectivity index is 1.07. The smallest absolute Gasteiger partial charge is 0.251 e. The van der Waals surface area contributed by atoms with Crippen molar-refractivity contribution in [3.05, 3.63) is 57.8 Å². The van der Waals surface area contributed by atoms with Gasteiger partial charge in [-0.15, -0.1) is 0 Å². The standard InChI is InChI=1S/C29H34BrFN2O4/c1-36-25-8-4-21(15-26(25)37-18-19-2-3-19)28(35)32-23-16-29(17-23)10-12-33(13-11-29)27(34)9-5-20-14-22(31)6-7-24(20)30/h4,6-8,14-15,19,23H,2-3,5,9-13,16-18H2,1H3,(H,32,35). The number of hydrogen-bond donors (Lipinski definition) is 1. The van der Waals surface area contributed by atoms with Gasteiger partial charge in [0.25, 0.3) is 5.91 Å². The first-order valence-electron chi connectivity index (χ1n) is 13.2. The van der Waals surface area contributed by atoms with Gasteiger partial charge >= 0.3 is 0 Å². The maximum Gasteiger partial charge on any atom is 0.251 e. The van der Waals surface area contributed by atoms with E-state index in [2.05, 4.69) is 21.2 Å². The molecular weight excluding hydrogens is 539 g/mol. The van der Waals surface area contributed by atoms with Crippen molar-refractivity contribution in [1.82, 2.24) is 10.2 Å². The zero-order valence-electron chi connectivity index (χ0n) is 21.2. The number of benzene rings is 2. The Morgan fingerprint density at radius 1 is 1.11 bits per heavy atom. The molecule has 198 valence electrons. The fourth-order valence-corrected chi connectivity index (χ4v) is 6.00. The second-order valence-corrected chi connectivity index (χ2v) is 11.7. The number of nitrogens with one attached hydrogen (secondary N) is 1. The lowest BCUT2D eigenvalue weighted by molar-refractivity contribution is -0.134. The molecule has 1 saturated heterocycles. The van der Waals surface area contributed by atoms with Crippen LogP contribution < -0.4 is 14.8 Å². The number of nitrogens with zero attached hydrogens (tertiary/aromatic N) is 1. The molecule has 2 saturated carbocycles. The Labute approximate surface area is 226 Å². The van der Waals surface area contributed by atoms with E-state index in [0.29, 0.717) is 42.4 Å². The quantitative estimate of drug-likeness (QED) is 0.429. The highest BCUT2D eigenvalue weighted by molar-refractivity contribution is 9.10. The molecule has 0 radical (unpaired) electrons. The first-order chi connectivity index (χ1) is 17.8. The number of piperidine rings is 1. The van der Waals surface area contributed by atoms with Gasteiger partial charge in [-0.05, 0) is 98.2 Å². The van der Waals surface area contributed by atoms with Gasteiger partial charge in [0.05, 0.1) is 13.7 Å². The van der Waals surface area contributed by atoms with E-state index in [1.807, 2.05) is 4.90 Å². The molecule has 2 amide bonds.